The molecule has 2 nitrogen and oxygen atoms in total. The second-order valence-electron chi connectivity index (χ2n) is 6.69. The summed E-state index contributed by atoms with van der Waals surface area (Å²) in [5, 5.41) is 0.954. The van der Waals surface area contributed by atoms with Crippen molar-refractivity contribution in [3.63, 3.8) is 0 Å². The number of fused-ring (bicyclic) bond motifs is 1. The molecule has 3 atom stereocenters. The summed E-state index contributed by atoms with van der Waals surface area (Å²) in [4.78, 5) is 12.0. The van der Waals surface area contributed by atoms with E-state index < -0.39 is 0 Å². The van der Waals surface area contributed by atoms with Gasteiger partial charge in [0.2, 0.25) is 0 Å². The molecule has 0 aromatic carbocycles. The van der Waals surface area contributed by atoms with Crippen LogP contribution < -0.4 is 0 Å². The Balaban J connectivity index is 2.54. The van der Waals surface area contributed by atoms with Gasteiger partial charge in [-0.25, -0.2) is 4.79 Å². The van der Waals surface area contributed by atoms with Crippen LogP contribution in [0.4, 0.5) is 0 Å². The molecular formula is C16H23BrO2. The molecule has 2 aliphatic rings. The third kappa shape index (κ3) is 1.70. The molecule has 0 aromatic heterocycles. The summed E-state index contributed by atoms with van der Waals surface area (Å²) in [6.07, 6.45) is 7.49. The van der Waals surface area contributed by atoms with Crippen LogP contribution in [-0.4, -0.2) is 18.4 Å². The van der Waals surface area contributed by atoms with Crippen molar-refractivity contribution in [1.29, 1.82) is 0 Å². The van der Waals surface area contributed by atoms with Crippen LogP contribution in [0.1, 0.15) is 34.1 Å². The van der Waals surface area contributed by atoms with Crippen LogP contribution >= 0.6 is 15.9 Å². The summed E-state index contributed by atoms with van der Waals surface area (Å²) >= 11 is 3.62. The molecule has 2 rings (SSSR count). The van der Waals surface area contributed by atoms with Gasteiger partial charge in [0.15, 0.2) is 0 Å². The molecule has 0 spiro atoms. The fourth-order valence-electron chi connectivity index (χ4n) is 3.84. The maximum atomic E-state index is 12.0. The van der Waals surface area contributed by atoms with Crippen LogP contribution in [-0.2, 0) is 9.53 Å². The molecule has 0 aliphatic heterocycles. The monoisotopic (exact) mass is 326 g/mol. The Morgan fingerprint density at radius 3 is 2.58 bits per heavy atom. The van der Waals surface area contributed by atoms with E-state index in [1.807, 2.05) is 0 Å². The quantitative estimate of drug-likeness (QED) is 0.433. The lowest BCUT2D eigenvalue weighted by atomic mass is 9.47. The summed E-state index contributed by atoms with van der Waals surface area (Å²) in [5.74, 6) is 0.292. The van der Waals surface area contributed by atoms with E-state index in [1.165, 1.54) is 7.11 Å². The van der Waals surface area contributed by atoms with Gasteiger partial charge in [0, 0.05) is 16.3 Å². The van der Waals surface area contributed by atoms with E-state index in [0.29, 0.717) is 5.92 Å². The number of hydrogen-bond acceptors (Lipinski definition) is 2. The highest BCUT2D eigenvalue weighted by Crippen LogP contribution is 2.66. The largest absolute Gasteiger partial charge is 0.466 e. The Labute approximate surface area is 124 Å². The average Bonchev–Trinajstić information content (AvgIpc) is 2.63. The average molecular weight is 327 g/mol. The first-order valence-electron chi connectivity index (χ1n) is 6.79. The predicted molar refractivity (Wildman–Crippen MR) is 81.1 cm³/mol. The number of allylic oxidation sites excluding steroid dienone is 3. The molecule has 106 valence electrons. The zero-order valence-electron chi connectivity index (χ0n) is 12.4. The molecule has 3 heteroatoms. The molecule has 0 radical (unpaired) electrons. The van der Waals surface area contributed by atoms with E-state index in [4.69, 9.17) is 4.74 Å². The molecule has 0 aromatic rings. The van der Waals surface area contributed by atoms with Gasteiger partial charge in [-0.3, -0.25) is 0 Å². The van der Waals surface area contributed by atoms with Crippen molar-refractivity contribution in [2.75, 3.05) is 12.4 Å². The fraction of sp³-hybridized carbons (Fsp3) is 0.688. The molecule has 0 fully saturated rings. The van der Waals surface area contributed by atoms with Crippen molar-refractivity contribution < 1.29 is 9.53 Å². The van der Waals surface area contributed by atoms with Gasteiger partial charge in [-0.1, -0.05) is 61.9 Å². The smallest absolute Gasteiger partial charge is 0.334 e. The Morgan fingerprint density at radius 2 is 2.05 bits per heavy atom. The summed E-state index contributed by atoms with van der Waals surface area (Å²) < 4.78 is 4.96. The molecule has 0 N–H and O–H groups in total. The third-order valence-corrected chi connectivity index (χ3v) is 6.70. The minimum absolute atomic E-state index is 0.0384. The molecule has 0 heterocycles. The Morgan fingerprint density at radius 1 is 1.42 bits per heavy atom. The Kier molecular flexibility index (Phi) is 3.49. The van der Waals surface area contributed by atoms with Crippen LogP contribution in [0.2, 0.25) is 0 Å². The van der Waals surface area contributed by atoms with Crippen molar-refractivity contribution in [2.45, 2.75) is 34.1 Å². The van der Waals surface area contributed by atoms with Crippen LogP contribution in [0.15, 0.2) is 23.8 Å². The van der Waals surface area contributed by atoms with Gasteiger partial charge in [0.05, 0.1) is 7.11 Å². The summed E-state index contributed by atoms with van der Waals surface area (Å²) in [6.45, 7) is 9.10. The zero-order valence-corrected chi connectivity index (χ0v) is 14.0. The van der Waals surface area contributed by atoms with E-state index in [2.05, 4.69) is 61.9 Å². The second-order valence-corrected chi connectivity index (χ2v) is 7.34. The number of carbonyl (C=O) groups excluding carboxylic acids is 1. The SMILES string of the molecule is COC(=O)C1=CCC2(C)C1(C)C=CC(CBr)C2(C)C. The topological polar surface area (TPSA) is 26.3 Å². The maximum Gasteiger partial charge on any atom is 0.334 e. The molecular weight excluding hydrogens is 304 g/mol. The number of methoxy groups -OCH3 is 1. The van der Waals surface area contributed by atoms with E-state index in [-0.39, 0.29) is 22.2 Å². The van der Waals surface area contributed by atoms with Crippen molar-refractivity contribution >= 4 is 21.9 Å². The summed E-state index contributed by atoms with van der Waals surface area (Å²) in [5.41, 5.74) is 0.737. The third-order valence-electron chi connectivity index (χ3n) is 6.00. The maximum absolute atomic E-state index is 12.0. The van der Waals surface area contributed by atoms with Crippen LogP contribution in [0, 0.1) is 22.2 Å². The second kappa shape index (κ2) is 4.47. The lowest BCUT2D eigenvalue weighted by Gasteiger charge is -2.57. The molecule has 3 unspecified atom stereocenters. The van der Waals surface area contributed by atoms with Gasteiger partial charge in [-0.15, -0.1) is 0 Å². The van der Waals surface area contributed by atoms with Crippen LogP contribution in [0.5, 0.6) is 0 Å². The number of ether oxygens (including phenoxy) is 1. The molecule has 0 amide bonds. The normalized spacial score (nSPS) is 39.7. The number of hydrogen-bond donors (Lipinski definition) is 0. The number of alkyl halides is 1. The van der Waals surface area contributed by atoms with Crippen molar-refractivity contribution in [1.82, 2.24) is 0 Å². The minimum atomic E-state index is -0.234. The van der Waals surface area contributed by atoms with Crippen LogP contribution in [0.3, 0.4) is 0 Å². The molecule has 19 heavy (non-hydrogen) atoms. The van der Waals surface area contributed by atoms with Gasteiger partial charge >= 0.3 is 5.97 Å². The molecule has 0 saturated carbocycles. The standard InChI is InChI=1S/C16H23BrO2/c1-14(2)11(10-17)6-8-15(3)12(13(18)19-5)7-9-16(14,15)4/h6-8,11H,9-10H2,1-5H3. The minimum Gasteiger partial charge on any atom is -0.466 e. The van der Waals surface area contributed by atoms with Crippen LogP contribution in [0.25, 0.3) is 0 Å². The van der Waals surface area contributed by atoms with Gasteiger partial charge < -0.3 is 4.74 Å². The van der Waals surface area contributed by atoms with Gasteiger partial charge in [0.1, 0.15) is 0 Å². The molecule has 0 saturated heterocycles. The Bertz CT molecular complexity index is 463. The van der Waals surface area contributed by atoms with Gasteiger partial charge in [-0.2, -0.15) is 0 Å². The van der Waals surface area contributed by atoms with E-state index in [0.717, 1.165) is 17.3 Å². The first kappa shape index (κ1) is 14.8. The van der Waals surface area contributed by atoms with E-state index in [1.54, 1.807) is 0 Å². The molecule has 0 bridgehead atoms. The Hall–Kier alpha value is -0.570. The van der Waals surface area contributed by atoms with Crippen molar-refractivity contribution in [3.05, 3.63) is 23.8 Å². The highest BCUT2D eigenvalue weighted by molar-refractivity contribution is 9.09. The van der Waals surface area contributed by atoms with Crippen molar-refractivity contribution in [3.8, 4) is 0 Å². The molecule has 2 aliphatic carbocycles. The lowest BCUT2D eigenvalue weighted by molar-refractivity contribution is -0.138. The first-order valence-corrected chi connectivity index (χ1v) is 7.91. The lowest BCUT2D eigenvalue weighted by Crippen LogP contribution is -2.52. The zero-order chi connectivity index (χ0) is 14.5. The van der Waals surface area contributed by atoms with Gasteiger partial charge in [0.25, 0.3) is 0 Å². The number of esters is 1. The number of carbonyl (C=O) groups is 1. The first-order chi connectivity index (χ1) is 8.74. The number of halogens is 1. The number of rotatable bonds is 2. The fourth-order valence-corrected chi connectivity index (χ4v) is 4.87. The van der Waals surface area contributed by atoms with E-state index >= 15 is 0 Å². The summed E-state index contributed by atoms with van der Waals surface area (Å²) in [7, 11) is 1.46. The van der Waals surface area contributed by atoms with Gasteiger partial charge in [-0.05, 0) is 23.2 Å². The highest BCUT2D eigenvalue weighted by atomic mass is 79.9. The predicted octanol–water partition coefficient (Wildman–Crippen LogP) is 4.11. The van der Waals surface area contributed by atoms with Crippen molar-refractivity contribution in [2.24, 2.45) is 22.2 Å². The highest BCUT2D eigenvalue weighted by Gasteiger charge is 2.61. The van der Waals surface area contributed by atoms with E-state index in [9.17, 15) is 4.79 Å². The summed E-state index contributed by atoms with van der Waals surface area (Å²) in [6, 6.07) is 0.